The second kappa shape index (κ2) is 5.25. The van der Waals surface area contributed by atoms with Crippen LogP contribution in [0.1, 0.15) is 23.4 Å². The topological polar surface area (TPSA) is 26.3 Å². The Morgan fingerprint density at radius 1 is 1.44 bits per heavy atom. The van der Waals surface area contributed by atoms with Gasteiger partial charge in [0, 0.05) is 5.56 Å². The number of benzene rings is 1. The van der Waals surface area contributed by atoms with Gasteiger partial charge in [0.1, 0.15) is 11.1 Å². The highest BCUT2D eigenvalue weighted by atomic mass is 35.5. The smallest absolute Gasteiger partial charge is 0.387 e. The molecule has 1 unspecified atom stereocenters. The zero-order valence-electron chi connectivity index (χ0n) is 8.84. The minimum atomic E-state index is -2.93. The summed E-state index contributed by atoms with van der Waals surface area (Å²) in [6.07, 6.45) is 0. The summed E-state index contributed by atoms with van der Waals surface area (Å²) in [6, 6.07) is 4.64. The van der Waals surface area contributed by atoms with Gasteiger partial charge < -0.3 is 4.74 Å². The molecule has 0 fully saturated rings. The molecule has 1 aromatic carbocycles. The molecule has 2 nitrogen and oxygen atoms in total. The maximum Gasteiger partial charge on any atom is 0.387 e. The van der Waals surface area contributed by atoms with Gasteiger partial charge in [-0.15, -0.1) is 11.6 Å². The van der Waals surface area contributed by atoms with E-state index in [9.17, 15) is 13.6 Å². The Balaban J connectivity index is 3.11. The van der Waals surface area contributed by atoms with Gasteiger partial charge in [-0.1, -0.05) is 12.1 Å². The Labute approximate surface area is 97.2 Å². The molecule has 0 spiro atoms. The van der Waals surface area contributed by atoms with Gasteiger partial charge in [-0.25, -0.2) is 0 Å². The summed E-state index contributed by atoms with van der Waals surface area (Å²) in [6.45, 7) is 0.0966. The van der Waals surface area contributed by atoms with Crippen LogP contribution in [0.25, 0.3) is 0 Å². The van der Waals surface area contributed by atoms with Crippen molar-refractivity contribution in [3.63, 3.8) is 0 Å². The predicted octanol–water partition coefficient (Wildman–Crippen LogP) is 3.47. The number of hydrogen-bond donors (Lipinski definition) is 0. The first-order chi connectivity index (χ1) is 7.41. The standard InChI is InChI=1S/C11H11ClF2O2/c1-6-3-4-8(10(12)7(2)15)9(5-6)16-11(13)14/h3-5,10-11H,1-2H3. The molecule has 1 rings (SSSR count). The van der Waals surface area contributed by atoms with Gasteiger partial charge in [-0.05, 0) is 25.5 Å². The average molecular weight is 249 g/mol. The minimum Gasteiger partial charge on any atom is -0.434 e. The van der Waals surface area contributed by atoms with E-state index in [0.29, 0.717) is 0 Å². The highest BCUT2D eigenvalue weighted by Gasteiger charge is 2.19. The van der Waals surface area contributed by atoms with E-state index in [0.717, 1.165) is 5.56 Å². The summed E-state index contributed by atoms with van der Waals surface area (Å²) in [4.78, 5) is 11.1. The largest absolute Gasteiger partial charge is 0.434 e. The lowest BCUT2D eigenvalue weighted by atomic mass is 10.1. The number of carbonyl (C=O) groups is 1. The monoisotopic (exact) mass is 248 g/mol. The number of aryl methyl sites for hydroxylation is 1. The van der Waals surface area contributed by atoms with E-state index >= 15 is 0 Å². The third-order valence-corrected chi connectivity index (χ3v) is 2.56. The lowest BCUT2D eigenvalue weighted by Gasteiger charge is -2.13. The Morgan fingerprint density at radius 3 is 2.56 bits per heavy atom. The molecule has 88 valence electrons. The van der Waals surface area contributed by atoms with Gasteiger partial charge in [-0.3, -0.25) is 4.79 Å². The maximum atomic E-state index is 12.1. The maximum absolute atomic E-state index is 12.1. The molecule has 16 heavy (non-hydrogen) atoms. The molecule has 0 aliphatic heterocycles. The number of halogens is 3. The van der Waals surface area contributed by atoms with Gasteiger partial charge in [0.2, 0.25) is 0 Å². The number of Topliss-reactive ketones (excluding diaryl/α,β-unsaturated/α-hetero) is 1. The molecule has 0 saturated carbocycles. The van der Waals surface area contributed by atoms with Gasteiger partial charge >= 0.3 is 6.61 Å². The van der Waals surface area contributed by atoms with Crippen molar-refractivity contribution in [3.05, 3.63) is 29.3 Å². The van der Waals surface area contributed by atoms with Crippen molar-refractivity contribution in [3.8, 4) is 5.75 Å². The average Bonchev–Trinajstić information content (AvgIpc) is 2.15. The quantitative estimate of drug-likeness (QED) is 0.763. The number of ketones is 1. The molecular formula is C11H11ClF2O2. The van der Waals surface area contributed by atoms with Crippen molar-refractivity contribution >= 4 is 17.4 Å². The Hall–Kier alpha value is -1.16. The SMILES string of the molecule is CC(=O)C(Cl)c1ccc(C)cc1OC(F)F. The fourth-order valence-corrected chi connectivity index (χ4v) is 1.45. The molecule has 0 radical (unpaired) electrons. The summed E-state index contributed by atoms with van der Waals surface area (Å²) in [5.74, 6) is -0.366. The van der Waals surface area contributed by atoms with E-state index < -0.39 is 12.0 Å². The summed E-state index contributed by atoms with van der Waals surface area (Å²) in [7, 11) is 0. The summed E-state index contributed by atoms with van der Waals surface area (Å²) in [5, 5.41) is -0.964. The van der Waals surface area contributed by atoms with Crippen LogP contribution in [0.3, 0.4) is 0 Å². The highest BCUT2D eigenvalue weighted by molar-refractivity contribution is 6.31. The van der Waals surface area contributed by atoms with E-state index in [1.807, 2.05) is 0 Å². The Bertz CT molecular complexity index is 394. The first-order valence-electron chi connectivity index (χ1n) is 4.61. The van der Waals surface area contributed by atoms with Crippen LogP contribution < -0.4 is 4.74 Å². The Morgan fingerprint density at radius 2 is 2.06 bits per heavy atom. The number of ether oxygens (including phenoxy) is 1. The van der Waals surface area contributed by atoms with Crippen molar-refractivity contribution in [1.82, 2.24) is 0 Å². The highest BCUT2D eigenvalue weighted by Crippen LogP contribution is 2.32. The molecule has 0 bridgehead atoms. The third kappa shape index (κ3) is 3.17. The van der Waals surface area contributed by atoms with Crippen molar-refractivity contribution in [2.75, 3.05) is 0 Å². The van der Waals surface area contributed by atoms with E-state index in [2.05, 4.69) is 4.74 Å². The number of alkyl halides is 3. The molecule has 5 heteroatoms. The van der Waals surface area contributed by atoms with Crippen LogP contribution >= 0.6 is 11.6 Å². The summed E-state index contributed by atoms with van der Waals surface area (Å²) < 4.78 is 28.6. The number of rotatable bonds is 4. The molecule has 0 saturated heterocycles. The zero-order valence-corrected chi connectivity index (χ0v) is 9.59. The molecule has 0 N–H and O–H groups in total. The molecule has 0 amide bonds. The van der Waals surface area contributed by atoms with Crippen LogP contribution in [0.5, 0.6) is 5.75 Å². The Kier molecular flexibility index (Phi) is 4.24. The van der Waals surface area contributed by atoms with E-state index in [1.54, 1.807) is 13.0 Å². The normalized spacial score (nSPS) is 12.6. The molecule has 0 aliphatic carbocycles. The molecular weight excluding hydrogens is 238 g/mol. The predicted molar refractivity (Wildman–Crippen MR) is 57.1 cm³/mol. The van der Waals surface area contributed by atoms with Crippen molar-refractivity contribution in [2.24, 2.45) is 0 Å². The summed E-state index contributed by atoms with van der Waals surface area (Å²) >= 11 is 5.81. The van der Waals surface area contributed by atoms with Crippen LogP contribution in [-0.2, 0) is 4.79 Å². The molecule has 0 aliphatic rings. The lowest BCUT2D eigenvalue weighted by molar-refractivity contribution is -0.116. The van der Waals surface area contributed by atoms with Gasteiger partial charge in [0.05, 0.1) is 0 Å². The zero-order chi connectivity index (χ0) is 12.3. The van der Waals surface area contributed by atoms with E-state index in [4.69, 9.17) is 11.6 Å². The van der Waals surface area contributed by atoms with Gasteiger partial charge in [0.15, 0.2) is 5.78 Å². The molecule has 0 aromatic heterocycles. The van der Waals surface area contributed by atoms with E-state index in [-0.39, 0.29) is 17.1 Å². The fourth-order valence-electron chi connectivity index (χ4n) is 1.27. The van der Waals surface area contributed by atoms with Gasteiger partial charge in [-0.2, -0.15) is 8.78 Å². The first kappa shape index (κ1) is 12.9. The van der Waals surface area contributed by atoms with E-state index in [1.165, 1.54) is 19.1 Å². The van der Waals surface area contributed by atoms with Gasteiger partial charge in [0.25, 0.3) is 0 Å². The van der Waals surface area contributed by atoms with Crippen LogP contribution in [0.2, 0.25) is 0 Å². The molecule has 1 aromatic rings. The van der Waals surface area contributed by atoms with Crippen LogP contribution in [0.15, 0.2) is 18.2 Å². The second-order valence-electron chi connectivity index (χ2n) is 3.39. The summed E-state index contributed by atoms with van der Waals surface area (Å²) in [5.41, 5.74) is 1.02. The number of carbonyl (C=O) groups excluding carboxylic acids is 1. The third-order valence-electron chi connectivity index (χ3n) is 2.02. The van der Waals surface area contributed by atoms with Crippen LogP contribution in [-0.4, -0.2) is 12.4 Å². The second-order valence-corrected chi connectivity index (χ2v) is 3.83. The van der Waals surface area contributed by atoms with Crippen molar-refractivity contribution in [2.45, 2.75) is 25.8 Å². The van der Waals surface area contributed by atoms with Crippen LogP contribution in [0.4, 0.5) is 8.78 Å². The lowest BCUT2D eigenvalue weighted by Crippen LogP contribution is -2.08. The fraction of sp³-hybridized carbons (Fsp3) is 0.364. The van der Waals surface area contributed by atoms with Crippen LogP contribution in [0, 0.1) is 6.92 Å². The van der Waals surface area contributed by atoms with Crippen molar-refractivity contribution < 1.29 is 18.3 Å². The number of hydrogen-bond acceptors (Lipinski definition) is 2. The molecule has 1 atom stereocenters. The molecule has 0 heterocycles. The van der Waals surface area contributed by atoms with Crippen molar-refractivity contribution in [1.29, 1.82) is 0 Å². The first-order valence-corrected chi connectivity index (χ1v) is 5.05. The minimum absolute atomic E-state index is 0.0507.